The Balaban J connectivity index is 2.18. The number of carbonyl (C=O) groups is 1. The van der Waals surface area contributed by atoms with E-state index in [9.17, 15) is 18.0 Å². The third kappa shape index (κ3) is 3.56. The number of hydrogen-bond donors (Lipinski definition) is 1. The monoisotopic (exact) mass is 300 g/mol. The Hall–Kier alpha value is -1.56. The summed E-state index contributed by atoms with van der Waals surface area (Å²) in [6.07, 6.45) is -3.73. The van der Waals surface area contributed by atoms with E-state index in [1.807, 2.05) is 6.92 Å². The number of alkyl halides is 3. The van der Waals surface area contributed by atoms with Crippen molar-refractivity contribution >= 4 is 5.91 Å². The summed E-state index contributed by atoms with van der Waals surface area (Å²) in [6, 6.07) is 4.98. The van der Waals surface area contributed by atoms with Gasteiger partial charge in [0.1, 0.15) is 6.17 Å². The fraction of sp³-hybridized carbons (Fsp3) is 0.533. The molecule has 1 aromatic rings. The van der Waals surface area contributed by atoms with Crippen molar-refractivity contribution in [2.75, 3.05) is 13.1 Å². The third-order valence-corrected chi connectivity index (χ3v) is 3.84. The van der Waals surface area contributed by atoms with E-state index in [1.165, 1.54) is 12.1 Å². The minimum absolute atomic E-state index is 0.0137. The normalized spacial score (nSPS) is 20.9. The smallest absolute Gasteiger partial charge is 0.322 e. The van der Waals surface area contributed by atoms with E-state index < -0.39 is 11.7 Å². The molecule has 1 aliphatic rings. The molecule has 0 radical (unpaired) electrons. The average molecular weight is 300 g/mol. The van der Waals surface area contributed by atoms with Gasteiger partial charge >= 0.3 is 6.18 Å². The van der Waals surface area contributed by atoms with Gasteiger partial charge in [-0.1, -0.05) is 32.4 Å². The Labute approximate surface area is 122 Å². The van der Waals surface area contributed by atoms with Gasteiger partial charge in [-0.05, 0) is 23.6 Å². The lowest BCUT2D eigenvalue weighted by Gasteiger charge is -2.27. The van der Waals surface area contributed by atoms with Crippen molar-refractivity contribution in [1.29, 1.82) is 0 Å². The fourth-order valence-corrected chi connectivity index (χ4v) is 2.36. The first-order chi connectivity index (χ1) is 9.82. The first-order valence-corrected chi connectivity index (χ1v) is 7.03. The van der Waals surface area contributed by atoms with E-state index in [1.54, 1.807) is 4.90 Å². The third-order valence-electron chi connectivity index (χ3n) is 3.84. The van der Waals surface area contributed by atoms with Crippen molar-refractivity contribution in [3.63, 3.8) is 0 Å². The maximum atomic E-state index is 12.6. The molecule has 1 aliphatic heterocycles. The molecular weight excluding hydrogens is 281 g/mol. The first kappa shape index (κ1) is 15.8. The van der Waals surface area contributed by atoms with E-state index in [2.05, 4.69) is 12.2 Å². The molecule has 2 atom stereocenters. The molecule has 1 fully saturated rings. The molecule has 1 N–H and O–H groups in total. The standard InChI is InChI=1S/C15H19F3N2O/c1-3-10(2)9-20-13(21)8-19-14(20)11-4-6-12(7-5-11)15(16,17)18/h4-7,10,14,19H,3,8-9H2,1-2H3. The Bertz CT molecular complexity index is 499. The number of benzene rings is 1. The van der Waals surface area contributed by atoms with Gasteiger partial charge in [-0.15, -0.1) is 0 Å². The van der Waals surface area contributed by atoms with Crippen molar-refractivity contribution in [3.8, 4) is 0 Å². The number of rotatable bonds is 4. The summed E-state index contributed by atoms with van der Waals surface area (Å²) in [5.41, 5.74) is 0.00111. The van der Waals surface area contributed by atoms with Gasteiger partial charge in [-0.2, -0.15) is 13.2 Å². The zero-order chi connectivity index (χ0) is 15.6. The molecule has 3 nitrogen and oxygen atoms in total. The van der Waals surface area contributed by atoms with Crippen LogP contribution in [0, 0.1) is 5.92 Å². The second kappa shape index (κ2) is 6.05. The van der Waals surface area contributed by atoms with Gasteiger partial charge in [0, 0.05) is 6.54 Å². The molecule has 116 valence electrons. The molecule has 1 amide bonds. The highest BCUT2D eigenvalue weighted by atomic mass is 19.4. The number of nitrogens with one attached hydrogen (secondary N) is 1. The highest BCUT2D eigenvalue weighted by Gasteiger charge is 2.34. The second-order valence-corrected chi connectivity index (χ2v) is 5.46. The van der Waals surface area contributed by atoms with Crippen molar-refractivity contribution in [2.24, 2.45) is 5.92 Å². The highest BCUT2D eigenvalue weighted by molar-refractivity contribution is 5.81. The molecule has 0 saturated carbocycles. The molecule has 21 heavy (non-hydrogen) atoms. The molecule has 0 aromatic heterocycles. The molecule has 0 bridgehead atoms. The molecule has 2 rings (SSSR count). The minimum Gasteiger partial charge on any atom is -0.322 e. The van der Waals surface area contributed by atoms with Gasteiger partial charge in [-0.25, -0.2) is 0 Å². The number of hydrogen-bond acceptors (Lipinski definition) is 2. The van der Waals surface area contributed by atoms with Gasteiger partial charge in [-0.3, -0.25) is 10.1 Å². The number of amides is 1. The Morgan fingerprint density at radius 1 is 1.33 bits per heavy atom. The Morgan fingerprint density at radius 2 is 1.95 bits per heavy atom. The predicted octanol–water partition coefficient (Wildman–Crippen LogP) is 3.18. The number of carbonyl (C=O) groups excluding carboxylic acids is 1. The van der Waals surface area contributed by atoms with Crippen LogP contribution in [-0.4, -0.2) is 23.9 Å². The first-order valence-electron chi connectivity index (χ1n) is 7.03. The van der Waals surface area contributed by atoms with Crippen LogP contribution >= 0.6 is 0 Å². The zero-order valence-electron chi connectivity index (χ0n) is 12.1. The van der Waals surface area contributed by atoms with Crippen LogP contribution in [0.4, 0.5) is 13.2 Å². The van der Waals surface area contributed by atoms with Crippen LogP contribution in [0.2, 0.25) is 0 Å². The summed E-state index contributed by atoms with van der Waals surface area (Å²) in [6.45, 7) is 4.93. The molecule has 1 saturated heterocycles. The van der Waals surface area contributed by atoms with Gasteiger partial charge < -0.3 is 4.90 Å². The van der Waals surface area contributed by atoms with Crippen LogP contribution < -0.4 is 5.32 Å². The summed E-state index contributed by atoms with van der Waals surface area (Å²) in [5, 5.41) is 3.06. The Kier molecular flexibility index (Phi) is 4.56. The van der Waals surface area contributed by atoms with E-state index in [0.717, 1.165) is 18.6 Å². The van der Waals surface area contributed by atoms with Gasteiger partial charge in [0.25, 0.3) is 0 Å². The van der Waals surface area contributed by atoms with E-state index in [0.29, 0.717) is 18.0 Å². The second-order valence-electron chi connectivity index (χ2n) is 5.46. The molecule has 1 heterocycles. The maximum Gasteiger partial charge on any atom is 0.416 e. The lowest BCUT2D eigenvalue weighted by atomic mass is 10.1. The number of halogens is 3. The molecule has 2 unspecified atom stereocenters. The van der Waals surface area contributed by atoms with Crippen LogP contribution in [-0.2, 0) is 11.0 Å². The van der Waals surface area contributed by atoms with E-state index >= 15 is 0 Å². The van der Waals surface area contributed by atoms with Crippen LogP contribution in [0.5, 0.6) is 0 Å². The van der Waals surface area contributed by atoms with Crippen molar-refractivity contribution < 1.29 is 18.0 Å². The summed E-state index contributed by atoms with van der Waals surface area (Å²) < 4.78 is 37.7. The highest BCUT2D eigenvalue weighted by Crippen LogP contribution is 2.31. The van der Waals surface area contributed by atoms with Crippen molar-refractivity contribution in [1.82, 2.24) is 10.2 Å². The van der Waals surface area contributed by atoms with E-state index in [4.69, 9.17) is 0 Å². The Morgan fingerprint density at radius 3 is 2.48 bits per heavy atom. The predicted molar refractivity (Wildman–Crippen MR) is 73.4 cm³/mol. The zero-order valence-corrected chi connectivity index (χ0v) is 12.1. The maximum absolute atomic E-state index is 12.6. The topological polar surface area (TPSA) is 32.3 Å². The lowest BCUT2D eigenvalue weighted by Crippen LogP contribution is -2.34. The minimum atomic E-state index is -4.34. The quantitative estimate of drug-likeness (QED) is 0.926. The number of nitrogens with zero attached hydrogens (tertiary/aromatic N) is 1. The molecule has 0 spiro atoms. The van der Waals surface area contributed by atoms with E-state index in [-0.39, 0.29) is 18.6 Å². The van der Waals surface area contributed by atoms with Crippen LogP contribution in [0.3, 0.4) is 0 Å². The molecule has 1 aromatic carbocycles. The van der Waals surface area contributed by atoms with Gasteiger partial charge in [0.2, 0.25) is 5.91 Å². The lowest BCUT2D eigenvalue weighted by molar-refractivity contribution is -0.137. The van der Waals surface area contributed by atoms with Crippen molar-refractivity contribution in [3.05, 3.63) is 35.4 Å². The fourth-order valence-electron chi connectivity index (χ4n) is 2.36. The average Bonchev–Trinajstić information content (AvgIpc) is 2.79. The van der Waals surface area contributed by atoms with Crippen molar-refractivity contribution in [2.45, 2.75) is 32.6 Å². The summed E-state index contributed by atoms with van der Waals surface area (Å²) >= 11 is 0. The largest absolute Gasteiger partial charge is 0.416 e. The van der Waals surface area contributed by atoms with Gasteiger partial charge in [0.05, 0.1) is 12.1 Å². The summed E-state index contributed by atoms with van der Waals surface area (Å²) in [4.78, 5) is 13.6. The van der Waals surface area contributed by atoms with Crippen LogP contribution in [0.25, 0.3) is 0 Å². The SMILES string of the molecule is CCC(C)CN1C(=O)CNC1c1ccc(C(F)(F)F)cc1. The molecule has 6 heteroatoms. The molecular formula is C15H19F3N2O. The summed E-state index contributed by atoms with van der Waals surface area (Å²) in [7, 11) is 0. The van der Waals surface area contributed by atoms with Gasteiger partial charge in [0.15, 0.2) is 0 Å². The summed E-state index contributed by atoms with van der Waals surface area (Å²) in [5.74, 6) is 0.339. The van der Waals surface area contributed by atoms with Crippen LogP contribution in [0.15, 0.2) is 24.3 Å². The molecule has 0 aliphatic carbocycles. The van der Waals surface area contributed by atoms with Crippen LogP contribution in [0.1, 0.15) is 37.6 Å².